The minimum atomic E-state index is -0.0480. The van der Waals surface area contributed by atoms with Crippen LogP contribution >= 0.6 is 11.8 Å². The summed E-state index contributed by atoms with van der Waals surface area (Å²) in [5, 5.41) is 3.44. The third-order valence-electron chi connectivity index (χ3n) is 3.32. The molecule has 1 aliphatic rings. The van der Waals surface area contributed by atoms with Crippen LogP contribution < -0.4 is 14.8 Å². The molecule has 3 rings (SSSR count). The first-order valence-corrected chi connectivity index (χ1v) is 8.43. The summed E-state index contributed by atoms with van der Waals surface area (Å²) < 4.78 is 10.6. The Morgan fingerprint density at radius 1 is 1.13 bits per heavy atom. The topological polar surface area (TPSA) is 47.6 Å². The molecule has 2 aromatic rings. The van der Waals surface area contributed by atoms with E-state index < -0.39 is 0 Å². The van der Waals surface area contributed by atoms with Gasteiger partial charge >= 0.3 is 0 Å². The van der Waals surface area contributed by atoms with Crippen LogP contribution in [0.2, 0.25) is 0 Å². The van der Waals surface area contributed by atoms with E-state index in [1.165, 1.54) is 4.90 Å². The molecule has 1 aliphatic heterocycles. The van der Waals surface area contributed by atoms with Gasteiger partial charge < -0.3 is 14.8 Å². The SMILES string of the molecule is CC(C)Sc1ccc(CC(=O)Nc2ccc3c(c2)OCO3)cc1. The number of carbonyl (C=O) groups excluding carboxylic acids is 1. The van der Waals surface area contributed by atoms with Crippen LogP contribution in [-0.4, -0.2) is 18.0 Å². The summed E-state index contributed by atoms with van der Waals surface area (Å²) in [6.45, 7) is 4.56. The number of fused-ring (bicyclic) bond motifs is 1. The van der Waals surface area contributed by atoms with Crippen LogP contribution in [0.25, 0.3) is 0 Å². The third-order valence-corrected chi connectivity index (χ3v) is 4.33. The lowest BCUT2D eigenvalue weighted by molar-refractivity contribution is -0.115. The molecule has 0 aromatic heterocycles. The molecular weight excluding hydrogens is 310 g/mol. The Labute approximate surface area is 140 Å². The van der Waals surface area contributed by atoms with Crippen molar-refractivity contribution in [2.45, 2.75) is 30.4 Å². The molecule has 1 amide bonds. The van der Waals surface area contributed by atoms with E-state index in [2.05, 4.69) is 31.3 Å². The normalized spacial score (nSPS) is 12.5. The maximum Gasteiger partial charge on any atom is 0.231 e. The third kappa shape index (κ3) is 4.20. The molecule has 0 atom stereocenters. The Balaban J connectivity index is 1.58. The minimum absolute atomic E-state index is 0.0480. The van der Waals surface area contributed by atoms with Gasteiger partial charge in [-0.1, -0.05) is 26.0 Å². The molecule has 1 N–H and O–H groups in total. The first kappa shape index (κ1) is 15.7. The number of nitrogens with one attached hydrogen (secondary N) is 1. The van der Waals surface area contributed by atoms with E-state index in [-0.39, 0.29) is 12.7 Å². The Morgan fingerprint density at radius 2 is 1.87 bits per heavy atom. The fraction of sp³-hybridized carbons (Fsp3) is 0.278. The standard InChI is InChI=1S/C18H19NO3S/c1-12(2)23-15-6-3-13(4-7-15)9-18(20)19-14-5-8-16-17(10-14)22-11-21-16/h3-8,10,12H,9,11H2,1-2H3,(H,19,20). The first-order valence-electron chi connectivity index (χ1n) is 7.55. The van der Waals surface area contributed by atoms with Crippen molar-refractivity contribution in [3.8, 4) is 11.5 Å². The quantitative estimate of drug-likeness (QED) is 0.839. The molecule has 0 radical (unpaired) electrons. The van der Waals surface area contributed by atoms with E-state index in [0.29, 0.717) is 28.9 Å². The van der Waals surface area contributed by atoms with E-state index in [4.69, 9.17) is 9.47 Å². The molecule has 5 heteroatoms. The van der Waals surface area contributed by atoms with Gasteiger partial charge in [-0.25, -0.2) is 0 Å². The fourth-order valence-corrected chi connectivity index (χ4v) is 3.16. The van der Waals surface area contributed by atoms with Crippen molar-refractivity contribution < 1.29 is 14.3 Å². The Hall–Kier alpha value is -2.14. The Kier molecular flexibility index (Phi) is 4.76. The van der Waals surface area contributed by atoms with Gasteiger partial charge in [0.15, 0.2) is 11.5 Å². The number of carbonyl (C=O) groups is 1. The van der Waals surface area contributed by atoms with E-state index in [0.717, 1.165) is 5.56 Å². The number of hydrogen-bond donors (Lipinski definition) is 1. The molecule has 0 bridgehead atoms. The predicted molar refractivity (Wildman–Crippen MR) is 92.3 cm³/mol. The van der Waals surface area contributed by atoms with Crippen molar-refractivity contribution in [1.29, 1.82) is 0 Å². The largest absolute Gasteiger partial charge is 0.454 e. The number of thioether (sulfide) groups is 1. The van der Waals surface area contributed by atoms with Gasteiger partial charge in [-0.15, -0.1) is 11.8 Å². The van der Waals surface area contributed by atoms with Gasteiger partial charge in [0.05, 0.1) is 6.42 Å². The number of amides is 1. The molecule has 0 saturated heterocycles. The highest BCUT2D eigenvalue weighted by molar-refractivity contribution is 7.99. The second-order valence-electron chi connectivity index (χ2n) is 5.60. The minimum Gasteiger partial charge on any atom is -0.454 e. The van der Waals surface area contributed by atoms with Gasteiger partial charge in [-0.3, -0.25) is 4.79 Å². The molecule has 1 heterocycles. The number of benzene rings is 2. The smallest absolute Gasteiger partial charge is 0.231 e. The van der Waals surface area contributed by atoms with Crippen molar-refractivity contribution in [1.82, 2.24) is 0 Å². The maximum atomic E-state index is 12.2. The van der Waals surface area contributed by atoms with Crippen LogP contribution in [0.1, 0.15) is 19.4 Å². The zero-order valence-electron chi connectivity index (χ0n) is 13.2. The van der Waals surface area contributed by atoms with E-state index in [1.54, 1.807) is 12.1 Å². The second-order valence-corrected chi connectivity index (χ2v) is 7.25. The van der Waals surface area contributed by atoms with Crippen molar-refractivity contribution >= 4 is 23.4 Å². The summed E-state index contributed by atoms with van der Waals surface area (Å²) in [5.41, 5.74) is 1.71. The molecule has 0 saturated carbocycles. The van der Waals surface area contributed by atoms with Gasteiger partial charge in [0.25, 0.3) is 0 Å². The zero-order chi connectivity index (χ0) is 16.2. The monoisotopic (exact) mass is 329 g/mol. The number of hydrogen-bond acceptors (Lipinski definition) is 4. The van der Waals surface area contributed by atoms with Crippen LogP contribution in [0.5, 0.6) is 11.5 Å². The highest BCUT2D eigenvalue weighted by atomic mass is 32.2. The Bertz CT molecular complexity index is 698. The molecule has 0 fully saturated rings. The average molecular weight is 329 g/mol. The molecule has 0 unspecified atom stereocenters. The van der Waals surface area contributed by atoms with Crippen LogP contribution in [0, 0.1) is 0 Å². The Morgan fingerprint density at radius 3 is 2.61 bits per heavy atom. The molecule has 2 aromatic carbocycles. The lowest BCUT2D eigenvalue weighted by Gasteiger charge is -2.08. The van der Waals surface area contributed by atoms with E-state index in [9.17, 15) is 4.79 Å². The highest BCUT2D eigenvalue weighted by Crippen LogP contribution is 2.34. The fourth-order valence-electron chi connectivity index (χ4n) is 2.32. The van der Waals surface area contributed by atoms with Crippen LogP contribution in [0.15, 0.2) is 47.4 Å². The van der Waals surface area contributed by atoms with Gasteiger partial charge in [0.1, 0.15) is 0 Å². The van der Waals surface area contributed by atoms with Crippen LogP contribution in [-0.2, 0) is 11.2 Å². The van der Waals surface area contributed by atoms with E-state index >= 15 is 0 Å². The molecular formula is C18H19NO3S. The zero-order valence-corrected chi connectivity index (χ0v) is 14.0. The second kappa shape index (κ2) is 6.96. The van der Waals surface area contributed by atoms with Crippen molar-refractivity contribution in [2.24, 2.45) is 0 Å². The molecule has 120 valence electrons. The van der Waals surface area contributed by atoms with Gasteiger partial charge in [0.2, 0.25) is 12.7 Å². The molecule has 4 nitrogen and oxygen atoms in total. The highest BCUT2D eigenvalue weighted by Gasteiger charge is 2.14. The summed E-state index contributed by atoms with van der Waals surface area (Å²) >= 11 is 1.81. The summed E-state index contributed by atoms with van der Waals surface area (Å²) in [4.78, 5) is 13.4. The molecule has 23 heavy (non-hydrogen) atoms. The lowest BCUT2D eigenvalue weighted by atomic mass is 10.1. The molecule has 0 aliphatic carbocycles. The van der Waals surface area contributed by atoms with Gasteiger partial charge in [-0.2, -0.15) is 0 Å². The van der Waals surface area contributed by atoms with Gasteiger partial charge in [0, 0.05) is 21.9 Å². The van der Waals surface area contributed by atoms with E-state index in [1.807, 2.05) is 30.0 Å². The number of anilines is 1. The number of ether oxygens (including phenoxy) is 2. The summed E-state index contributed by atoms with van der Waals surface area (Å²) in [7, 11) is 0. The van der Waals surface area contributed by atoms with Crippen LogP contribution in [0.4, 0.5) is 5.69 Å². The lowest BCUT2D eigenvalue weighted by Crippen LogP contribution is -2.14. The average Bonchev–Trinajstić information content (AvgIpc) is 2.96. The first-order chi connectivity index (χ1) is 11.1. The number of rotatable bonds is 5. The van der Waals surface area contributed by atoms with Crippen molar-refractivity contribution in [3.63, 3.8) is 0 Å². The summed E-state index contributed by atoms with van der Waals surface area (Å²) in [5.74, 6) is 1.33. The summed E-state index contributed by atoms with van der Waals surface area (Å²) in [6.07, 6.45) is 0.348. The van der Waals surface area contributed by atoms with Crippen molar-refractivity contribution in [2.75, 3.05) is 12.1 Å². The predicted octanol–water partition coefficient (Wildman–Crippen LogP) is 4.10. The van der Waals surface area contributed by atoms with Gasteiger partial charge in [-0.05, 0) is 29.8 Å². The van der Waals surface area contributed by atoms with Crippen LogP contribution in [0.3, 0.4) is 0 Å². The molecule has 0 spiro atoms. The maximum absolute atomic E-state index is 12.2. The van der Waals surface area contributed by atoms with Crippen molar-refractivity contribution in [3.05, 3.63) is 48.0 Å². The summed E-state index contributed by atoms with van der Waals surface area (Å²) in [6, 6.07) is 13.5.